The van der Waals surface area contributed by atoms with Crippen LogP contribution in [0.3, 0.4) is 0 Å². The Labute approximate surface area is 117 Å². The fourth-order valence-corrected chi connectivity index (χ4v) is 3.14. The molecule has 1 aliphatic carbocycles. The zero-order valence-electron chi connectivity index (χ0n) is 11.5. The SMILES string of the molecule is CCNc1nc(N2CCOC3CCCC32)c(F)cc1F. The van der Waals surface area contributed by atoms with Crippen molar-refractivity contribution in [2.45, 2.75) is 38.3 Å². The number of fused-ring (bicyclic) bond motifs is 1. The minimum Gasteiger partial charge on any atom is -0.374 e. The highest BCUT2D eigenvalue weighted by molar-refractivity contribution is 5.50. The summed E-state index contributed by atoms with van der Waals surface area (Å²) in [6.07, 6.45) is 3.20. The number of pyridine rings is 1. The zero-order chi connectivity index (χ0) is 14.1. The molecule has 3 rings (SSSR count). The molecule has 2 fully saturated rings. The quantitative estimate of drug-likeness (QED) is 0.925. The molecule has 6 heteroatoms. The van der Waals surface area contributed by atoms with Crippen molar-refractivity contribution in [1.29, 1.82) is 0 Å². The molecule has 110 valence electrons. The van der Waals surface area contributed by atoms with Gasteiger partial charge in [0.1, 0.15) is 0 Å². The van der Waals surface area contributed by atoms with Crippen LogP contribution in [0.5, 0.6) is 0 Å². The number of morpholine rings is 1. The number of nitrogens with zero attached hydrogens (tertiary/aromatic N) is 2. The molecule has 0 bridgehead atoms. The van der Waals surface area contributed by atoms with Crippen LogP contribution < -0.4 is 10.2 Å². The summed E-state index contributed by atoms with van der Waals surface area (Å²) < 4.78 is 33.5. The van der Waals surface area contributed by atoms with Crippen LogP contribution in [0.4, 0.5) is 20.4 Å². The smallest absolute Gasteiger partial charge is 0.168 e. The molecule has 2 atom stereocenters. The van der Waals surface area contributed by atoms with E-state index < -0.39 is 11.6 Å². The molecule has 0 amide bonds. The van der Waals surface area contributed by atoms with E-state index in [0.717, 1.165) is 25.3 Å². The van der Waals surface area contributed by atoms with Gasteiger partial charge in [0, 0.05) is 19.2 Å². The standard InChI is InChI=1S/C14H19F2N3O/c1-2-17-13-9(15)8-10(16)14(18-13)19-6-7-20-12-5-3-4-11(12)19/h8,11-12H,2-7H2,1H3,(H,17,18). The fourth-order valence-electron chi connectivity index (χ4n) is 3.14. The third-order valence-corrected chi connectivity index (χ3v) is 4.01. The van der Waals surface area contributed by atoms with E-state index >= 15 is 0 Å². The molecule has 1 aromatic rings. The Bertz CT molecular complexity index is 498. The van der Waals surface area contributed by atoms with Gasteiger partial charge in [-0.3, -0.25) is 0 Å². The summed E-state index contributed by atoms with van der Waals surface area (Å²) in [7, 11) is 0. The molecular formula is C14H19F2N3O. The Kier molecular flexibility index (Phi) is 3.74. The van der Waals surface area contributed by atoms with Crippen molar-refractivity contribution in [1.82, 2.24) is 4.98 Å². The summed E-state index contributed by atoms with van der Waals surface area (Å²) in [5, 5.41) is 2.83. The maximum absolute atomic E-state index is 14.1. The van der Waals surface area contributed by atoms with Gasteiger partial charge in [-0.25, -0.2) is 13.8 Å². The van der Waals surface area contributed by atoms with E-state index in [1.165, 1.54) is 0 Å². The van der Waals surface area contributed by atoms with Gasteiger partial charge in [-0.15, -0.1) is 0 Å². The van der Waals surface area contributed by atoms with Crippen molar-refractivity contribution in [3.8, 4) is 0 Å². The van der Waals surface area contributed by atoms with Crippen LogP contribution in [0.1, 0.15) is 26.2 Å². The van der Waals surface area contributed by atoms with E-state index in [1.54, 1.807) is 0 Å². The molecule has 1 aliphatic heterocycles. The molecule has 2 aliphatic rings. The molecule has 1 aromatic heterocycles. The average Bonchev–Trinajstić information content (AvgIpc) is 2.90. The number of hydrogen-bond donors (Lipinski definition) is 1. The van der Waals surface area contributed by atoms with Gasteiger partial charge in [0.2, 0.25) is 0 Å². The average molecular weight is 283 g/mol. The number of hydrogen-bond acceptors (Lipinski definition) is 4. The summed E-state index contributed by atoms with van der Waals surface area (Å²) in [6, 6.07) is 1.07. The lowest BCUT2D eigenvalue weighted by Gasteiger charge is -2.38. The normalized spacial score (nSPS) is 25.6. The van der Waals surface area contributed by atoms with Gasteiger partial charge in [-0.2, -0.15) is 0 Å². The predicted molar refractivity (Wildman–Crippen MR) is 73.0 cm³/mol. The Morgan fingerprint density at radius 1 is 1.40 bits per heavy atom. The largest absolute Gasteiger partial charge is 0.374 e. The van der Waals surface area contributed by atoms with Crippen molar-refractivity contribution >= 4 is 11.6 Å². The number of ether oxygens (including phenoxy) is 1. The highest BCUT2D eigenvalue weighted by atomic mass is 19.1. The maximum atomic E-state index is 14.1. The number of anilines is 2. The van der Waals surface area contributed by atoms with E-state index in [0.29, 0.717) is 19.7 Å². The van der Waals surface area contributed by atoms with E-state index in [9.17, 15) is 8.78 Å². The first-order valence-electron chi connectivity index (χ1n) is 7.19. The van der Waals surface area contributed by atoms with Gasteiger partial charge in [0.15, 0.2) is 23.3 Å². The highest BCUT2D eigenvalue weighted by Crippen LogP contribution is 2.34. The second-order valence-corrected chi connectivity index (χ2v) is 5.26. The van der Waals surface area contributed by atoms with E-state index in [2.05, 4.69) is 10.3 Å². The molecular weight excluding hydrogens is 264 g/mol. The lowest BCUT2D eigenvalue weighted by atomic mass is 10.1. The maximum Gasteiger partial charge on any atom is 0.168 e. The molecule has 2 heterocycles. The third kappa shape index (κ3) is 2.32. The number of aromatic nitrogens is 1. The van der Waals surface area contributed by atoms with Gasteiger partial charge in [-0.05, 0) is 26.2 Å². The Morgan fingerprint density at radius 2 is 2.25 bits per heavy atom. The molecule has 0 radical (unpaired) electrons. The summed E-state index contributed by atoms with van der Waals surface area (Å²) >= 11 is 0. The third-order valence-electron chi connectivity index (χ3n) is 4.01. The summed E-state index contributed by atoms with van der Waals surface area (Å²) in [6.45, 7) is 3.56. The minimum absolute atomic E-state index is 0.116. The van der Waals surface area contributed by atoms with Crippen molar-refractivity contribution in [2.75, 3.05) is 29.9 Å². The molecule has 20 heavy (non-hydrogen) atoms. The van der Waals surface area contributed by atoms with Gasteiger partial charge in [-0.1, -0.05) is 0 Å². The van der Waals surface area contributed by atoms with Crippen LogP contribution in [-0.4, -0.2) is 36.8 Å². The van der Waals surface area contributed by atoms with Crippen molar-refractivity contribution in [3.05, 3.63) is 17.7 Å². The second-order valence-electron chi connectivity index (χ2n) is 5.26. The molecule has 0 spiro atoms. The lowest BCUT2D eigenvalue weighted by molar-refractivity contribution is 0.0250. The first kappa shape index (κ1) is 13.5. The van der Waals surface area contributed by atoms with Crippen LogP contribution in [-0.2, 0) is 4.74 Å². The highest BCUT2D eigenvalue weighted by Gasteiger charge is 2.38. The minimum atomic E-state index is -0.649. The van der Waals surface area contributed by atoms with E-state index in [-0.39, 0.29) is 23.8 Å². The van der Waals surface area contributed by atoms with Gasteiger partial charge in [0.25, 0.3) is 0 Å². The number of halogens is 2. The van der Waals surface area contributed by atoms with Crippen LogP contribution in [0.25, 0.3) is 0 Å². The molecule has 1 saturated carbocycles. The number of rotatable bonds is 3. The summed E-state index contributed by atoms with van der Waals surface area (Å²) in [5.74, 6) is -0.895. The van der Waals surface area contributed by atoms with Crippen LogP contribution in [0, 0.1) is 11.6 Å². The van der Waals surface area contributed by atoms with Crippen molar-refractivity contribution in [3.63, 3.8) is 0 Å². The van der Waals surface area contributed by atoms with Gasteiger partial charge in [0.05, 0.1) is 18.8 Å². The van der Waals surface area contributed by atoms with Gasteiger partial charge >= 0.3 is 0 Å². The molecule has 1 N–H and O–H groups in total. The van der Waals surface area contributed by atoms with Gasteiger partial charge < -0.3 is 15.0 Å². The Hall–Kier alpha value is -1.43. The van der Waals surface area contributed by atoms with Crippen LogP contribution >= 0.6 is 0 Å². The van der Waals surface area contributed by atoms with E-state index in [4.69, 9.17) is 4.74 Å². The molecule has 2 unspecified atom stereocenters. The fraction of sp³-hybridized carbons (Fsp3) is 0.643. The lowest BCUT2D eigenvalue weighted by Crippen LogP contribution is -2.49. The Morgan fingerprint density at radius 3 is 3.05 bits per heavy atom. The topological polar surface area (TPSA) is 37.4 Å². The Balaban J connectivity index is 1.93. The predicted octanol–water partition coefficient (Wildman–Crippen LogP) is 2.55. The first-order chi connectivity index (χ1) is 9.70. The van der Waals surface area contributed by atoms with Crippen LogP contribution in [0.15, 0.2) is 6.07 Å². The van der Waals surface area contributed by atoms with Crippen LogP contribution in [0.2, 0.25) is 0 Å². The summed E-state index contributed by atoms with van der Waals surface area (Å²) in [5.41, 5.74) is 0. The monoisotopic (exact) mass is 283 g/mol. The first-order valence-corrected chi connectivity index (χ1v) is 7.19. The molecule has 4 nitrogen and oxygen atoms in total. The zero-order valence-corrected chi connectivity index (χ0v) is 11.5. The van der Waals surface area contributed by atoms with Crippen molar-refractivity contribution in [2.24, 2.45) is 0 Å². The molecule has 1 saturated heterocycles. The molecule has 0 aromatic carbocycles. The van der Waals surface area contributed by atoms with Crippen molar-refractivity contribution < 1.29 is 13.5 Å². The number of nitrogens with one attached hydrogen (secondary N) is 1. The second kappa shape index (κ2) is 5.52. The summed E-state index contributed by atoms with van der Waals surface area (Å²) in [4.78, 5) is 6.10. The van der Waals surface area contributed by atoms with E-state index in [1.807, 2.05) is 11.8 Å².